The van der Waals surface area contributed by atoms with E-state index in [1.807, 2.05) is 0 Å². The van der Waals surface area contributed by atoms with Gasteiger partial charge in [0.1, 0.15) is 11.5 Å². The summed E-state index contributed by atoms with van der Waals surface area (Å²) >= 11 is 12.9. The van der Waals surface area contributed by atoms with Crippen LogP contribution in [0.4, 0.5) is 0 Å². The third-order valence-electron chi connectivity index (χ3n) is 4.26. The topological polar surface area (TPSA) is 93.3 Å². The number of nitrogens with one attached hydrogen (secondary N) is 2. The van der Waals surface area contributed by atoms with E-state index in [9.17, 15) is 9.59 Å². The number of benzene rings is 1. The van der Waals surface area contributed by atoms with Crippen molar-refractivity contribution in [2.75, 3.05) is 14.2 Å². The Bertz CT molecular complexity index is 1150. The van der Waals surface area contributed by atoms with Gasteiger partial charge in [-0.1, -0.05) is 29.8 Å². The summed E-state index contributed by atoms with van der Waals surface area (Å²) in [6.07, 6.45) is 2.71. The number of carbonyl (C=O) groups excluding carboxylic acids is 1. The van der Waals surface area contributed by atoms with Crippen molar-refractivity contribution in [1.82, 2.24) is 15.3 Å². The van der Waals surface area contributed by atoms with Crippen LogP contribution in [0, 0.1) is 0 Å². The van der Waals surface area contributed by atoms with Crippen molar-refractivity contribution >= 4 is 39.9 Å². The minimum atomic E-state index is -0.356. The zero-order valence-electron chi connectivity index (χ0n) is 15.6. The number of amides is 1. The van der Waals surface area contributed by atoms with Crippen molar-refractivity contribution in [1.29, 1.82) is 0 Å². The number of carbonyl (C=O) groups is 1. The summed E-state index contributed by atoms with van der Waals surface area (Å²) in [5, 5.41) is 4.09. The Kier molecular flexibility index (Phi) is 6.10. The Morgan fingerprint density at radius 3 is 2.45 bits per heavy atom. The number of hydrogen-bond donors (Lipinski definition) is 2. The zero-order chi connectivity index (χ0) is 21.1. The van der Waals surface area contributed by atoms with Crippen LogP contribution in [-0.4, -0.2) is 30.1 Å². The summed E-state index contributed by atoms with van der Waals surface area (Å²) in [6.45, 7) is 3.56. The van der Waals surface area contributed by atoms with E-state index in [1.54, 1.807) is 24.4 Å². The lowest BCUT2D eigenvalue weighted by Gasteiger charge is -2.15. The first-order chi connectivity index (χ1) is 13.9. The van der Waals surface area contributed by atoms with Crippen molar-refractivity contribution in [3.8, 4) is 22.8 Å². The number of aromatic nitrogens is 2. The Morgan fingerprint density at radius 2 is 1.86 bits per heavy atom. The van der Waals surface area contributed by atoms with Crippen molar-refractivity contribution in [3.63, 3.8) is 0 Å². The van der Waals surface area contributed by atoms with Crippen LogP contribution in [0.5, 0.6) is 11.5 Å². The van der Waals surface area contributed by atoms with Crippen LogP contribution in [0.25, 0.3) is 22.0 Å². The molecule has 1 amide bonds. The maximum absolute atomic E-state index is 12.7. The van der Waals surface area contributed by atoms with E-state index in [0.29, 0.717) is 39.2 Å². The quantitative estimate of drug-likeness (QED) is 0.577. The lowest BCUT2D eigenvalue weighted by atomic mass is 10.1. The van der Waals surface area contributed by atoms with Gasteiger partial charge in [0.25, 0.3) is 5.56 Å². The summed E-state index contributed by atoms with van der Waals surface area (Å²) < 4.78 is 10.6. The largest absolute Gasteiger partial charge is 0.495 e. The molecule has 0 aliphatic heterocycles. The summed E-state index contributed by atoms with van der Waals surface area (Å²) in [6, 6.07) is 4.89. The normalized spacial score (nSPS) is 10.6. The number of hydrogen-bond acceptors (Lipinski definition) is 5. The monoisotopic (exact) mass is 433 g/mol. The molecule has 1 aromatic carbocycles. The molecule has 3 aromatic rings. The van der Waals surface area contributed by atoms with E-state index in [0.717, 1.165) is 6.08 Å². The van der Waals surface area contributed by atoms with Crippen LogP contribution in [0.3, 0.4) is 0 Å². The van der Waals surface area contributed by atoms with E-state index in [-0.39, 0.29) is 28.1 Å². The molecule has 29 heavy (non-hydrogen) atoms. The Balaban J connectivity index is 2.12. The number of methoxy groups -OCH3 is 2. The third-order valence-corrected chi connectivity index (χ3v) is 5.01. The molecule has 3 rings (SSSR count). The van der Waals surface area contributed by atoms with Crippen LogP contribution in [0.2, 0.25) is 10.0 Å². The van der Waals surface area contributed by atoms with Gasteiger partial charge in [-0.3, -0.25) is 14.6 Å². The molecule has 0 unspecified atom stereocenters. The highest BCUT2D eigenvalue weighted by molar-refractivity contribution is 6.41. The minimum Gasteiger partial charge on any atom is -0.495 e. The van der Waals surface area contributed by atoms with Crippen LogP contribution in [0.15, 0.2) is 41.8 Å². The van der Waals surface area contributed by atoms with E-state index in [2.05, 4.69) is 21.9 Å². The van der Waals surface area contributed by atoms with Crippen molar-refractivity contribution in [3.05, 3.63) is 63.1 Å². The number of halogens is 2. The fourth-order valence-electron chi connectivity index (χ4n) is 2.81. The van der Waals surface area contributed by atoms with Gasteiger partial charge in [-0.25, -0.2) is 0 Å². The molecule has 0 aliphatic rings. The summed E-state index contributed by atoms with van der Waals surface area (Å²) in [5.74, 6) is 0.387. The first kappa shape index (κ1) is 20.7. The molecule has 0 saturated heterocycles. The Labute approximate surface area is 176 Å². The molecule has 0 fully saturated rings. The lowest BCUT2D eigenvalue weighted by Crippen LogP contribution is -2.20. The summed E-state index contributed by atoms with van der Waals surface area (Å²) in [7, 11) is 2.94. The first-order valence-corrected chi connectivity index (χ1v) is 9.17. The number of H-pyrrole nitrogens is 1. The van der Waals surface area contributed by atoms with Gasteiger partial charge in [0.05, 0.1) is 47.6 Å². The van der Waals surface area contributed by atoms with Gasteiger partial charge in [-0.05, 0) is 18.2 Å². The lowest BCUT2D eigenvalue weighted by molar-refractivity contribution is -0.116. The third kappa shape index (κ3) is 4.06. The summed E-state index contributed by atoms with van der Waals surface area (Å²) in [4.78, 5) is 31.1. The highest BCUT2D eigenvalue weighted by Gasteiger charge is 2.20. The molecule has 2 heterocycles. The molecular weight excluding hydrogens is 417 g/mol. The molecule has 0 saturated carbocycles. The Morgan fingerprint density at radius 1 is 1.21 bits per heavy atom. The fraction of sp³-hybridized carbons (Fsp3) is 0.150. The smallest absolute Gasteiger partial charge is 0.256 e. The number of pyridine rings is 2. The number of aromatic amines is 1. The molecule has 2 N–H and O–H groups in total. The second kappa shape index (κ2) is 8.55. The second-order valence-corrected chi connectivity index (χ2v) is 6.74. The van der Waals surface area contributed by atoms with Crippen LogP contribution < -0.4 is 20.3 Å². The SMILES string of the molecule is C=CC(=O)NCc1cc2c(=O)[nH]c(-c3c(Cl)c(OC)cc(OC)c3Cl)cc2cn1. The van der Waals surface area contributed by atoms with E-state index >= 15 is 0 Å². The molecular formula is C20H17Cl2N3O4. The molecule has 150 valence electrons. The average molecular weight is 434 g/mol. The van der Waals surface area contributed by atoms with Crippen LogP contribution in [0.1, 0.15) is 5.69 Å². The standard InChI is InChI=1S/C20H17Cl2N3O4/c1-4-16(26)24-9-11-6-12-10(8-23-11)5-13(25-20(12)27)17-18(21)14(28-2)7-15(29-3)19(17)22/h4-8H,1,9H2,2-3H3,(H,24,26)(H,25,27). The maximum Gasteiger partial charge on any atom is 0.256 e. The Hall–Kier alpha value is -3.03. The predicted molar refractivity (Wildman–Crippen MR) is 113 cm³/mol. The van der Waals surface area contributed by atoms with Gasteiger partial charge < -0.3 is 19.8 Å². The molecule has 7 nitrogen and oxygen atoms in total. The number of fused-ring (bicyclic) bond motifs is 1. The van der Waals surface area contributed by atoms with E-state index in [4.69, 9.17) is 32.7 Å². The molecule has 9 heteroatoms. The van der Waals surface area contributed by atoms with Crippen LogP contribution in [-0.2, 0) is 11.3 Å². The molecule has 0 radical (unpaired) electrons. The van der Waals surface area contributed by atoms with Crippen molar-refractivity contribution in [2.24, 2.45) is 0 Å². The van der Waals surface area contributed by atoms with E-state index < -0.39 is 0 Å². The molecule has 0 spiro atoms. The fourth-order valence-corrected chi connectivity index (χ4v) is 3.51. The van der Waals surface area contributed by atoms with Crippen LogP contribution >= 0.6 is 23.2 Å². The number of rotatable bonds is 6. The summed E-state index contributed by atoms with van der Waals surface area (Å²) in [5.41, 5.74) is 0.949. The van der Waals surface area contributed by atoms with E-state index in [1.165, 1.54) is 14.2 Å². The van der Waals surface area contributed by atoms with Crippen molar-refractivity contribution < 1.29 is 14.3 Å². The molecule has 0 bridgehead atoms. The minimum absolute atomic E-state index is 0.173. The highest BCUT2D eigenvalue weighted by Crippen LogP contribution is 2.45. The maximum atomic E-state index is 12.7. The van der Waals surface area contributed by atoms with Gasteiger partial charge in [-0.15, -0.1) is 0 Å². The predicted octanol–water partition coefficient (Wildman–Crippen LogP) is 3.72. The highest BCUT2D eigenvalue weighted by atomic mass is 35.5. The number of ether oxygens (including phenoxy) is 2. The second-order valence-electron chi connectivity index (χ2n) is 5.98. The zero-order valence-corrected chi connectivity index (χ0v) is 17.1. The molecule has 0 atom stereocenters. The van der Waals surface area contributed by atoms with Gasteiger partial charge in [0.2, 0.25) is 5.91 Å². The van der Waals surface area contributed by atoms with Gasteiger partial charge in [-0.2, -0.15) is 0 Å². The number of nitrogens with zero attached hydrogens (tertiary/aromatic N) is 1. The van der Waals surface area contributed by atoms with Gasteiger partial charge >= 0.3 is 0 Å². The molecule has 2 aromatic heterocycles. The van der Waals surface area contributed by atoms with Gasteiger partial charge in [0, 0.05) is 23.2 Å². The first-order valence-electron chi connectivity index (χ1n) is 8.42. The van der Waals surface area contributed by atoms with Gasteiger partial charge in [0.15, 0.2) is 0 Å². The van der Waals surface area contributed by atoms with Crippen molar-refractivity contribution in [2.45, 2.75) is 6.54 Å². The molecule has 0 aliphatic carbocycles. The average Bonchev–Trinajstić information content (AvgIpc) is 2.72.